The molecule has 1 unspecified atom stereocenters. The SMILES string of the molecule is CCCNc1nc(C)cn1C(C)c1cccc(Cl)c1. The summed E-state index contributed by atoms with van der Waals surface area (Å²) in [4.78, 5) is 4.54. The molecule has 0 radical (unpaired) electrons. The zero-order chi connectivity index (χ0) is 13.8. The van der Waals surface area contributed by atoms with E-state index in [9.17, 15) is 0 Å². The molecule has 0 spiro atoms. The number of hydrogen-bond donors (Lipinski definition) is 1. The van der Waals surface area contributed by atoms with E-state index in [1.807, 2.05) is 25.1 Å². The number of aryl methyl sites for hydroxylation is 1. The summed E-state index contributed by atoms with van der Waals surface area (Å²) in [6.07, 6.45) is 3.15. The van der Waals surface area contributed by atoms with Gasteiger partial charge < -0.3 is 9.88 Å². The molecule has 2 aromatic rings. The standard InChI is InChI=1S/C15H20ClN3/c1-4-8-17-15-18-11(2)10-19(15)12(3)13-6-5-7-14(16)9-13/h5-7,9-10,12H,4,8H2,1-3H3,(H,17,18). The van der Waals surface area contributed by atoms with Crippen LogP contribution in [0, 0.1) is 6.92 Å². The van der Waals surface area contributed by atoms with Crippen LogP contribution in [0.2, 0.25) is 5.02 Å². The van der Waals surface area contributed by atoms with E-state index in [2.05, 4.69) is 41.0 Å². The average molecular weight is 278 g/mol. The number of benzene rings is 1. The van der Waals surface area contributed by atoms with Crippen LogP contribution < -0.4 is 5.32 Å². The van der Waals surface area contributed by atoms with Gasteiger partial charge in [-0.1, -0.05) is 30.7 Å². The van der Waals surface area contributed by atoms with E-state index < -0.39 is 0 Å². The van der Waals surface area contributed by atoms with E-state index in [0.29, 0.717) is 0 Å². The molecule has 3 nitrogen and oxygen atoms in total. The van der Waals surface area contributed by atoms with Gasteiger partial charge in [-0.3, -0.25) is 0 Å². The molecule has 0 aliphatic heterocycles. The normalized spacial score (nSPS) is 12.4. The fraction of sp³-hybridized carbons (Fsp3) is 0.400. The van der Waals surface area contributed by atoms with Crippen LogP contribution in [0.25, 0.3) is 0 Å². The Bertz CT molecular complexity index is 548. The molecule has 4 heteroatoms. The van der Waals surface area contributed by atoms with Gasteiger partial charge in [0, 0.05) is 17.8 Å². The monoisotopic (exact) mass is 277 g/mol. The lowest BCUT2D eigenvalue weighted by molar-refractivity contribution is 0.642. The molecule has 0 aliphatic rings. The average Bonchev–Trinajstić information content (AvgIpc) is 2.76. The maximum absolute atomic E-state index is 6.06. The first-order chi connectivity index (χ1) is 9.11. The first kappa shape index (κ1) is 13.9. The van der Waals surface area contributed by atoms with Crippen molar-refractivity contribution in [2.45, 2.75) is 33.2 Å². The molecule has 1 heterocycles. The zero-order valence-corrected chi connectivity index (χ0v) is 12.4. The van der Waals surface area contributed by atoms with Crippen LogP contribution in [0.5, 0.6) is 0 Å². The van der Waals surface area contributed by atoms with Crippen molar-refractivity contribution in [2.24, 2.45) is 0 Å². The zero-order valence-electron chi connectivity index (χ0n) is 11.7. The Hall–Kier alpha value is -1.48. The maximum Gasteiger partial charge on any atom is 0.203 e. The number of nitrogens with zero attached hydrogens (tertiary/aromatic N) is 2. The summed E-state index contributed by atoms with van der Waals surface area (Å²) in [5, 5.41) is 4.14. The van der Waals surface area contributed by atoms with E-state index in [1.165, 1.54) is 5.56 Å². The number of imidazole rings is 1. The lowest BCUT2D eigenvalue weighted by Gasteiger charge is -2.17. The molecule has 0 fully saturated rings. The molecule has 1 aromatic heterocycles. The smallest absolute Gasteiger partial charge is 0.203 e. The minimum atomic E-state index is 0.208. The molecule has 0 bridgehead atoms. The quantitative estimate of drug-likeness (QED) is 0.884. The molecule has 0 saturated carbocycles. The van der Waals surface area contributed by atoms with Crippen molar-refractivity contribution < 1.29 is 0 Å². The Morgan fingerprint density at radius 2 is 2.21 bits per heavy atom. The second-order valence-electron chi connectivity index (χ2n) is 4.77. The fourth-order valence-electron chi connectivity index (χ4n) is 2.11. The third-order valence-corrected chi connectivity index (χ3v) is 3.37. The van der Waals surface area contributed by atoms with Crippen molar-refractivity contribution in [3.8, 4) is 0 Å². The van der Waals surface area contributed by atoms with Gasteiger partial charge >= 0.3 is 0 Å². The minimum absolute atomic E-state index is 0.208. The summed E-state index contributed by atoms with van der Waals surface area (Å²) in [5.41, 5.74) is 2.21. The predicted octanol–water partition coefficient (Wildman–Crippen LogP) is 4.28. The first-order valence-corrected chi connectivity index (χ1v) is 7.04. The van der Waals surface area contributed by atoms with Gasteiger partial charge in [-0.05, 0) is 38.0 Å². The van der Waals surface area contributed by atoms with Crippen LogP contribution in [0.1, 0.15) is 37.6 Å². The van der Waals surface area contributed by atoms with Crippen molar-refractivity contribution in [1.82, 2.24) is 9.55 Å². The van der Waals surface area contributed by atoms with Crippen molar-refractivity contribution in [1.29, 1.82) is 0 Å². The van der Waals surface area contributed by atoms with E-state index >= 15 is 0 Å². The molecule has 102 valence electrons. The van der Waals surface area contributed by atoms with Crippen molar-refractivity contribution in [3.05, 3.63) is 46.7 Å². The minimum Gasteiger partial charge on any atom is -0.356 e. The lowest BCUT2D eigenvalue weighted by atomic mass is 10.1. The van der Waals surface area contributed by atoms with Gasteiger partial charge in [0.2, 0.25) is 5.95 Å². The highest BCUT2D eigenvalue weighted by Gasteiger charge is 2.13. The number of anilines is 1. The van der Waals surface area contributed by atoms with Crippen LogP contribution in [0.3, 0.4) is 0 Å². The Labute approximate surface area is 119 Å². The van der Waals surface area contributed by atoms with Gasteiger partial charge in [0.15, 0.2) is 0 Å². The van der Waals surface area contributed by atoms with Crippen LogP contribution >= 0.6 is 11.6 Å². The number of halogens is 1. The maximum atomic E-state index is 6.06. The molecule has 1 aromatic carbocycles. The molecule has 2 rings (SSSR count). The molecule has 0 saturated heterocycles. The summed E-state index contributed by atoms with van der Waals surface area (Å²) in [6.45, 7) is 7.24. The van der Waals surface area contributed by atoms with Gasteiger partial charge in [-0.25, -0.2) is 4.98 Å². The molecule has 0 aliphatic carbocycles. The van der Waals surface area contributed by atoms with Crippen molar-refractivity contribution in [3.63, 3.8) is 0 Å². The highest BCUT2D eigenvalue weighted by atomic mass is 35.5. The van der Waals surface area contributed by atoms with Gasteiger partial charge in [0.25, 0.3) is 0 Å². The highest BCUT2D eigenvalue weighted by molar-refractivity contribution is 6.30. The molecule has 1 atom stereocenters. The van der Waals surface area contributed by atoms with E-state index in [0.717, 1.165) is 29.6 Å². The summed E-state index contributed by atoms with van der Waals surface area (Å²) in [7, 11) is 0. The number of hydrogen-bond acceptors (Lipinski definition) is 2. The van der Waals surface area contributed by atoms with Gasteiger partial charge in [-0.2, -0.15) is 0 Å². The third kappa shape index (κ3) is 3.29. The second-order valence-corrected chi connectivity index (χ2v) is 5.21. The van der Waals surface area contributed by atoms with Crippen molar-refractivity contribution >= 4 is 17.5 Å². The number of nitrogens with one attached hydrogen (secondary N) is 1. The Kier molecular flexibility index (Phi) is 4.48. The topological polar surface area (TPSA) is 29.9 Å². The highest BCUT2D eigenvalue weighted by Crippen LogP contribution is 2.24. The third-order valence-electron chi connectivity index (χ3n) is 3.13. The molecule has 1 N–H and O–H groups in total. The molecule has 0 amide bonds. The summed E-state index contributed by atoms with van der Waals surface area (Å²) >= 11 is 6.06. The van der Waals surface area contributed by atoms with Gasteiger partial charge in [-0.15, -0.1) is 0 Å². The van der Waals surface area contributed by atoms with Crippen LogP contribution in [-0.4, -0.2) is 16.1 Å². The van der Waals surface area contributed by atoms with Crippen LogP contribution in [0.4, 0.5) is 5.95 Å². The Morgan fingerprint density at radius 3 is 2.89 bits per heavy atom. The predicted molar refractivity (Wildman–Crippen MR) is 81.0 cm³/mol. The van der Waals surface area contributed by atoms with E-state index in [-0.39, 0.29) is 6.04 Å². The molecule has 19 heavy (non-hydrogen) atoms. The van der Waals surface area contributed by atoms with Gasteiger partial charge in [0.1, 0.15) is 0 Å². The van der Waals surface area contributed by atoms with Gasteiger partial charge in [0.05, 0.1) is 11.7 Å². The molecular formula is C15H20ClN3. The van der Waals surface area contributed by atoms with Crippen LogP contribution in [-0.2, 0) is 0 Å². The summed E-state index contributed by atoms with van der Waals surface area (Å²) in [6, 6.07) is 8.18. The fourth-order valence-corrected chi connectivity index (χ4v) is 2.30. The summed E-state index contributed by atoms with van der Waals surface area (Å²) in [5.74, 6) is 0.923. The Balaban J connectivity index is 2.30. The Morgan fingerprint density at radius 1 is 1.42 bits per heavy atom. The second kappa shape index (κ2) is 6.11. The largest absolute Gasteiger partial charge is 0.356 e. The number of aromatic nitrogens is 2. The van der Waals surface area contributed by atoms with E-state index in [4.69, 9.17) is 11.6 Å². The number of rotatable bonds is 5. The molecular weight excluding hydrogens is 258 g/mol. The first-order valence-electron chi connectivity index (χ1n) is 6.66. The summed E-state index contributed by atoms with van der Waals surface area (Å²) < 4.78 is 2.16. The lowest BCUT2D eigenvalue weighted by Crippen LogP contribution is -2.12. The van der Waals surface area contributed by atoms with Crippen LogP contribution in [0.15, 0.2) is 30.5 Å². The van der Waals surface area contributed by atoms with E-state index in [1.54, 1.807) is 0 Å². The van der Waals surface area contributed by atoms with Crippen molar-refractivity contribution in [2.75, 3.05) is 11.9 Å².